The Bertz CT molecular complexity index is 670. The molecule has 21 heavy (non-hydrogen) atoms. The quantitative estimate of drug-likeness (QED) is 0.761. The number of rotatable bonds is 6. The van der Waals surface area contributed by atoms with Gasteiger partial charge in [-0.15, -0.1) is 0 Å². The van der Waals surface area contributed by atoms with Crippen molar-refractivity contribution in [1.82, 2.24) is 0 Å². The zero-order valence-corrected chi connectivity index (χ0v) is 13.1. The van der Waals surface area contributed by atoms with Gasteiger partial charge in [0.2, 0.25) is 0 Å². The maximum Gasteiger partial charge on any atom is 0.163 e. The number of ether oxygens (including phenoxy) is 1. The third kappa shape index (κ3) is 4.16. The number of hydrogen-bond acceptors (Lipinski definition) is 3. The van der Waals surface area contributed by atoms with Gasteiger partial charge in [0.1, 0.15) is 12.4 Å². The van der Waals surface area contributed by atoms with Crippen molar-refractivity contribution in [3.63, 3.8) is 0 Å². The van der Waals surface area contributed by atoms with E-state index in [0.717, 1.165) is 0 Å². The summed E-state index contributed by atoms with van der Waals surface area (Å²) in [7, 11) is -1.23. The number of carbonyl (C=O) groups is 1. The molecular formula is C16H15ClO3S. The van der Waals surface area contributed by atoms with Crippen LogP contribution in [0, 0.1) is 0 Å². The summed E-state index contributed by atoms with van der Waals surface area (Å²) in [5, 5.41) is 0.486. The summed E-state index contributed by atoms with van der Waals surface area (Å²) in [6.45, 7) is 1.74. The van der Waals surface area contributed by atoms with E-state index in [1.54, 1.807) is 48.5 Å². The largest absolute Gasteiger partial charge is 0.492 e. The first-order chi connectivity index (χ1) is 10.1. The molecule has 1 unspecified atom stereocenters. The van der Waals surface area contributed by atoms with Gasteiger partial charge in [0.25, 0.3) is 0 Å². The minimum atomic E-state index is -1.23. The van der Waals surface area contributed by atoms with Gasteiger partial charge in [-0.25, -0.2) is 0 Å². The molecule has 3 nitrogen and oxygen atoms in total. The Morgan fingerprint density at radius 1 is 1.14 bits per heavy atom. The van der Waals surface area contributed by atoms with Crippen LogP contribution in [0.3, 0.4) is 0 Å². The van der Waals surface area contributed by atoms with E-state index in [9.17, 15) is 9.00 Å². The van der Waals surface area contributed by atoms with Crippen LogP contribution in [-0.4, -0.2) is 22.4 Å². The molecule has 0 saturated heterocycles. The van der Waals surface area contributed by atoms with Crippen molar-refractivity contribution in [2.45, 2.75) is 11.8 Å². The van der Waals surface area contributed by atoms with E-state index in [4.69, 9.17) is 16.3 Å². The molecule has 0 spiro atoms. The minimum absolute atomic E-state index is 0.0576. The zero-order chi connectivity index (χ0) is 15.2. The Morgan fingerprint density at radius 2 is 1.81 bits per heavy atom. The van der Waals surface area contributed by atoms with E-state index >= 15 is 0 Å². The van der Waals surface area contributed by atoms with E-state index < -0.39 is 10.8 Å². The van der Waals surface area contributed by atoms with E-state index in [2.05, 4.69) is 0 Å². The molecule has 5 heteroatoms. The molecule has 2 aromatic rings. The van der Waals surface area contributed by atoms with Gasteiger partial charge >= 0.3 is 0 Å². The third-order valence-corrected chi connectivity index (χ3v) is 4.70. The SMILES string of the molecule is CC(=O)c1ccccc1OCCS(=O)c1ccccc1Cl. The monoisotopic (exact) mass is 322 g/mol. The highest BCUT2D eigenvalue weighted by Gasteiger charge is 2.10. The molecule has 0 bridgehead atoms. The molecule has 0 amide bonds. The van der Waals surface area contributed by atoms with Crippen molar-refractivity contribution in [2.24, 2.45) is 0 Å². The summed E-state index contributed by atoms with van der Waals surface area (Å²) in [6.07, 6.45) is 0. The van der Waals surface area contributed by atoms with E-state index in [0.29, 0.717) is 27.0 Å². The topological polar surface area (TPSA) is 43.4 Å². The van der Waals surface area contributed by atoms with Gasteiger partial charge < -0.3 is 4.74 Å². The van der Waals surface area contributed by atoms with Crippen molar-refractivity contribution in [3.05, 3.63) is 59.1 Å². The van der Waals surface area contributed by atoms with Crippen LogP contribution in [0.1, 0.15) is 17.3 Å². The van der Waals surface area contributed by atoms with Crippen LogP contribution < -0.4 is 4.74 Å². The number of carbonyl (C=O) groups excluding carboxylic acids is 1. The molecule has 0 aromatic heterocycles. The molecule has 0 N–H and O–H groups in total. The van der Waals surface area contributed by atoms with Gasteiger partial charge in [-0.3, -0.25) is 9.00 Å². The maximum absolute atomic E-state index is 12.2. The lowest BCUT2D eigenvalue weighted by Gasteiger charge is -2.10. The average Bonchev–Trinajstić information content (AvgIpc) is 2.48. The Morgan fingerprint density at radius 3 is 2.52 bits per heavy atom. The van der Waals surface area contributed by atoms with Crippen molar-refractivity contribution in [1.29, 1.82) is 0 Å². The highest BCUT2D eigenvalue weighted by Crippen LogP contribution is 2.20. The molecule has 0 aliphatic rings. The normalized spacial score (nSPS) is 11.9. The summed E-state index contributed by atoms with van der Waals surface area (Å²) >= 11 is 6.00. The molecule has 0 heterocycles. The molecule has 2 aromatic carbocycles. The molecule has 110 valence electrons. The lowest BCUT2D eigenvalue weighted by molar-refractivity contribution is 0.101. The second-order valence-corrected chi connectivity index (χ2v) is 6.33. The molecule has 2 rings (SSSR count). The molecule has 0 fully saturated rings. The van der Waals surface area contributed by atoms with Crippen molar-refractivity contribution in [2.75, 3.05) is 12.4 Å². The maximum atomic E-state index is 12.2. The fourth-order valence-corrected chi connectivity index (χ4v) is 3.21. The van der Waals surface area contributed by atoms with Gasteiger partial charge in [0.15, 0.2) is 5.78 Å². The first-order valence-corrected chi connectivity index (χ1v) is 8.15. The van der Waals surface area contributed by atoms with Crippen LogP contribution in [0.4, 0.5) is 0 Å². The number of benzene rings is 2. The van der Waals surface area contributed by atoms with E-state index in [1.807, 2.05) is 0 Å². The minimum Gasteiger partial charge on any atom is -0.492 e. The van der Waals surface area contributed by atoms with Gasteiger partial charge in [0, 0.05) is 0 Å². The van der Waals surface area contributed by atoms with Gasteiger partial charge in [-0.2, -0.15) is 0 Å². The van der Waals surface area contributed by atoms with Crippen LogP contribution in [0.15, 0.2) is 53.4 Å². The third-order valence-electron chi connectivity index (χ3n) is 2.87. The van der Waals surface area contributed by atoms with Crippen LogP contribution in [0.25, 0.3) is 0 Å². The van der Waals surface area contributed by atoms with Crippen LogP contribution in [0.2, 0.25) is 5.02 Å². The predicted octanol–water partition coefficient (Wildman–Crippen LogP) is 3.73. The Hall–Kier alpha value is -1.65. The summed E-state index contributed by atoms with van der Waals surface area (Å²) < 4.78 is 17.7. The number of Topliss-reactive ketones (excluding diaryl/α,β-unsaturated/α-hetero) is 1. The van der Waals surface area contributed by atoms with Crippen molar-refractivity contribution in [3.8, 4) is 5.75 Å². The highest BCUT2D eigenvalue weighted by atomic mass is 35.5. The van der Waals surface area contributed by atoms with Crippen LogP contribution in [0.5, 0.6) is 5.75 Å². The number of para-hydroxylation sites is 1. The molecular weight excluding hydrogens is 308 g/mol. The molecule has 0 aliphatic heterocycles. The smallest absolute Gasteiger partial charge is 0.163 e. The van der Waals surface area contributed by atoms with Crippen LogP contribution in [-0.2, 0) is 10.8 Å². The first-order valence-electron chi connectivity index (χ1n) is 6.45. The fraction of sp³-hybridized carbons (Fsp3) is 0.188. The Balaban J connectivity index is 1.98. The Kier molecular flexibility index (Phi) is 5.53. The summed E-state index contributed by atoms with van der Waals surface area (Å²) in [5.41, 5.74) is 0.529. The summed E-state index contributed by atoms with van der Waals surface area (Å²) in [5.74, 6) is 0.773. The lowest BCUT2D eigenvalue weighted by Crippen LogP contribution is -2.10. The van der Waals surface area contributed by atoms with E-state index in [1.165, 1.54) is 6.92 Å². The first kappa shape index (κ1) is 15.7. The second kappa shape index (κ2) is 7.38. The highest BCUT2D eigenvalue weighted by molar-refractivity contribution is 7.85. The zero-order valence-electron chi connectivity index (χ0n) is 11.5. The lowest BCUT2D eigenvalue weighted by atomic mass is 10.1. The van der Waals surface area contributed by atoms with E-state index in [-0.39, 0.29) is 12.4 Å². The average molecular weight is 323 g/mol. The van der Waals surface area contributed by atoms with Crippen molar-refractivity contribution >= 4 is 28.2 Å². The number of halogens is 1. The molecule has 0 aliphatic carbocycles. The summed E-state index contributed by atoms with van der Waals surface area (Å²) in [6, 6.07) is 14.1. The molecule has 0 radical (unpaired) electrons. The molecule has 0 saturated carbocycles. The number of hydrogen-bond donors (Lipinski definition) is 0. The van der Waals surface area contributed by atoms with Crippen molar-refractivity contribution < 1.29 is 13.7 Å². The summed E-state index contributed by atoms with van der Waals surface area (Å²) in [4.78, 5) is 12.1. The van der Waals surface area contributed by atoms with Crippen LogP contribution >= 0.6 is 11.6 Å². The Labute approximate surface area is 131 Å². The van der Waals surface area contributed by atoms with Gasteiger partial charge in [-0.05, 0) is 31.2 Å². The van der Waals surface area contributed by atoms with Gasteiger partial charge in [-0.1, -0.05) is 35.9 Å². The fourth-order valence-electron chi connectivity index (χ4n) is 1.85. The number of ketones is 1. The molecule has 1 atom stereocenters. The second-order valence-electron chi connectivity index (χ2n) is 4.38. The standard InChI is InChI=1S/C16H15ClO3S/c1-12(18)13-6-2-4-8-15(13)20-10-11-21(19)16-9-5-3-7-14(16)17/h2-9H,10-11H2,1H3. The predicted molar refractivity (Wildman–Crippen MR) is 84.7 cm³/mol. The van der Waals surface area contributed by atoms with Gasteiger partial charge in [0.05, 0.1) is 32.0 Å².